The van der Waals surface area contributed by atoms with Crippen molar-refractivity contribution < 1.29 is 9.32 Å². The lowest BCUT2D eigenvalue weighted by atomic mass is 10.1. The summed E-state index contributed by atoms with van der Waals surface area (Å²) >= 11 is 3.43. The Hall–Kier alpha value is -2.47. The molecule has 0 bridgehead atoms. The summed E-state index contributed by atoms with van der Waals surface area (Å²) in [6, 6.07) is 16.4. The highest BCUT2D eigenvalue weighted by Crippen LogP contribution is 2.40. The maximum atomic E-state index is 12.7. The van der Waals surface area contributed by atoms with Gasteiger partial charge in [-0.3, -0.25) is 4.79 Å². The molecule has 6 heteroatoms. The van der Waals surface area contributed by atoms with E-state index in [0.717, 1.165) is 22.9 Å². The summed E-state index contributed by atoms with van der Waals surface area (Å²) in [6.45, 7) is 0.639. The molecule has 0 radical (unpaired) electrons. The summed E-state index contributed by atoms with van der Waals surface area (Å²) in [7, 11) is 0. The predicted molar refractivity (Wildman–Crippen MR) is 104 cm³/mol. The van der Waals surface area contributed by atoms with Gasteiger partial charge in [-0.15, -0.1) is 0 Å². The Bertz CT molecular complexity index is 999. The van der Waals surface area contributed by atoms with E-state index in [9.17, 15) is 4.79 Å². The van der Waals surface area contributed by atoms with E-state index >= 15 is 0 Å². The quantitative estimate of drug-likeness (QED) is 0.621. The maximum Gasteiger partial charge on any atom is 0.232 e. The van der Waals surface area contributed by atoms with Gasteiger partial charge in [-0.2, -0.15) is 4.98 Å². The second-order valence-corrected chi connectivity index (χ2v) is 8.08. The maximum absolute atomic E-state index is 12.7. The fraction of sp³-hybridized carbons (Fsp3) is 0.286. The van der Waals surface area contributed by atoms with E-state index in [-0.39, 0.29) is 17.9 Å². The van der Waals surface area contributed by atoms with Gasteiger partial charge in [0, 0.05) is 23.0 Å². The number of benzene rings is 2. The minimum atomic E-state index is -0.0399. The first kappa shape index (κ1) is 16.7. The Balaban J connectivity index is 1.36. The highest BCUT2D eigenvalue weighted by atomic mass is 79.9. The van der Waals surface area contributed by atoms with Crippen LogP contribution in [-0.4, -0.2) is 27.5 Å². The van der Waals surface area contributed by atoms with Crippen molar-refractivity contribution in [3.05, 3.63) is 70.0 Å². The number of rotatable bonds is 3. The van der Waals surface area contributed by atoms with E-state index in [1.807, 2.05) is 29.2 Å². The Morgan fingerprint density at radius 2 is 1.93 bits per heavy atom. The number of carbonyl (C=O) groups is 1. The van der Waals surface area contributed by atoms with Crippen molar-refractivity contribution in [3.8, 4) is 11.4 Å². The number of aromatic nitrogens is 2. The van der Waals surface area contributed by atoms with Crippen molar-refractivity contribution in [1.29, 1.82) is 0 Å². The number of hydrogen-bond acceptors (Lipinski definition) is 4. The van der Waals surface area contributed by atoms with Crippen LogP contribution in [0.2, 0.25) is 0 Å². The standard InChI is InChI=1S/C21H18BrN3O2/c22-16-8-5-14(6-9-16)20-23-21(27-24-20)15-11-19(26)25(12-15)18-10-7-13-3-1-2-4-17(13)18/h1-6,8-9,15,18H,7,10-12H2. The molecule has 136 valence electrons. The number of halogens is 1. The van der Waals surface area contributed by atoms with Gasteiger partial charge in [0.25, 0.3) is 0 Å². The molecule has 1 fully saturated rings. The van der Waals surface area contributed by atoms with Gasteiger partial charge in [0.2, 0.25) is 17.6 Å². The normalized spacial score (nSPS) is 21.7. The first-order valence-electron chi connectivity index (χ1n) is 9.16. The van der Waals surface area contributed by atoms with Crippen LogP contribution < -0.4 is 0 Å². The highest BCUT2D eigenvalue weighted by Gasteiger charge is 2.40. The first-order valence-corrected chi connectivity index (χ1v) is 9.95. The third-order valence-corrected chi connectivity index (χ3v) is 6.06. The van der Waals surface area contributed by atoms with E-state index in [0.29, 0.717) is 24.7 Å². The van der Waals surface area contributed by atoms with Crippen molar-refractivity contribution in [3.63, 3.8) is 0 Å². The number of amides is 1. The lowest BCUT2D eigenvalue weighted by Gasteiger charge is -2.25. The van der Waals surface area contributed by atoms with E-state index in [1.54, 1.807) is 0 Å². The average molecular weight is 424 g/mol. The number of hydrogen-bond donors (Lipinski definition) is 0. The molecule has 0 saturated carbocycles. The third kappa shape index (κ3) is 2.98. The van der Waals surface area contributed by atoms with Gasteiger partial charge in [0.1, 0.15) is 0 Å². The summed E-state index contributed by atoms with van der Waals surface area (Å²) in [4.78, 5) is 19.3. The number of nitrogens with zero attached hydrogens (tertiary/aromatic N) is 3. The molecule has 0 spiro atoms. The first-order chi connectivity index (χ1) is 13.2. The molecular formula is C21H18BrN3O2. The number of carbonyl (C=O) groups excluding carboxylic acids is 1. The highest BCUT2D eigenvalue weighted by molar-refractivity contribution is 9.10. The Morgan fingerprint density at radius 1 is 1.11 bits per heavy atom. The average Bonchev–Trinajstić information content (AvgIpc) is 3.40. The zero-order valence-electron chi connectivity index (χ0n) is 14.6. The molecule has 1 saturated heterocycles. The van der Waals surface area contributed by atoms with Crippen molar-refractivity contribution in [2.45, 2.75) is 31.2 Å². The van der Waals surface area contributed by atoms with Crippen LogP contribution in [0.1, 0.15) is 41.8 Å². The molecule has 0 N–H and O–H groups in total. The summed E-state index contributed by atoms with van der Waals surface area (Å²) in [5.41, 5.74) is 3.54. The SMILES string of the molecule is O=C1CC(c2nc(-c3ccc(Br)cc3)no2)CN1C1CCc2ccccc21. The largest absolute Gasteiger partial charge is 0.339 e. The van der Waals surface area contributed by atoms with Gasteiger partial charge in [-0.25, -0.2) is 0 Å². The van der Waals surface area contributed by atoms with E-state index in [2.05, 4.69) is 50.3 Å². The van der Waals surface area contributed by atoms with Gasteiger partial charge in [-0.1, -0.05) is 45.4 Å². The van der Waals surface area contributed by atoms with E-state index in [4.69, 9.17) is 4.52 Å². The van der Waals surface area contributed by atoms with Crippen LogP contribution in [0.3, 0.4) is 0 Å². The van der Waals surface area contributed by atoms with Gasteiger partial charge >= 0.3 is 0 Å². The minimum Gasteiger partial charge on any atom is -0.339 e. The zero-order valence-corrected chi connectivity index (χ0v) is 16.2. The molecule has 27 heavy (non-hydrogen) atoms. The molecular weight excluding hydrogens is 406 g/mol. The molecule has 2 heterocycles. The smallest absolute Gasteiger partial charge is 0.232 e. The topological polar surface area (TPSA) is 59.2 Å². The van der Waals surface area contributed by atoms with Crippen molar-refractivity contribution in [1.82, 2.24) is 15.0 Å². The molecule has 2 aromatic carbocycles. The molecule has 2 unspecified atom stereocenters. The van der Waals surface area contributed by atoms with Crippen molar-refractivity contribution in [2.75, 3.05) is 6.54 Å². The van der Waals surface area contributed by atoms with Gasteiger partial charge < -0.3 is 9.42 Å². The van der Waals surface area contributed by atoms with Crippen LogP contribution in [0.25, 0.3) is 11.4 Å². The Labute approximate surface area is 165 Å². The second-order valence-electron chi connectivity index (χ2n) is 7.16. The Morgan fingerprint density at radius 3 is 2.78 bits per heavy atom. The predicted octanol–water partition coefficient (Wildman–Crippen LogP) is 4.50. The summed E-state index contributed by atoms with van der Waals surface area (Å²) in [5, 5.41) is 4.11. The molecule has 5 rings (SSSR count). The molecule has 3 aromatic rings. The Kier molecular flexibility index (Phi) is 4.08. The lowest BCUT2D eigenvalue weighted by molar-refractivity contribution is -0.129. The second kappa shape index (κ2) is 6.60. The molecule has 1 aliphatic carbocycles. The van der Waals surface area contributed by atoms with Crippen molar-refractivity contribution in [2.24, 2.45) is 0 Å². The summed E-state index contributed by atoms with van der Waals surface area (Å²) in [6.07, 6.45) is 2.45. The van der Waals surface area contributed by atoms with Gasteiger partial charge in [0.05, 0.1) is 12.0 Å². The lowest BCUT2D eigenvalue weighted by Crippen LogP contribution is -2.28. The van der Waals surface area contributed by atoms with Gasteiger partial charge in [-0.05, 0) is 48.2 Å². The van der Waals surface area contributed by atoms with Crippen LogP contribution in [0.15, 0.2) is 57.5 Å². The number of aryl methyl sites for hydroxylation is 1. The molecule has 1 amide bonds. The number of fused-ring (bicyclic) bond motifs is 1. The molecule has 1 aromatic heterocycles. The fourth-order valence-corrected chi connectivity index (χ4v) is 4.44. The minimum absolute atomic E-state index is 0.0399. The fourth-order valence-electron chi connectivity index (χ4n) is 4.17. The van der Waals surface area contributed by atoms with Crippen LogP contribution in [0, 0.1) is 0 Å². The van der Waals surface area contributed by atoms with Crippen LogP contribution in [0.4, 0.5) is 0 Å². The van der Waals surface area contributed by atoms with Crippen LogP contribution >= 0.6 is 15.9 Å². The molecule has 2 atom stereocenters. The van der Waals surface area contributed by atoms with Crippen LogP contribution in [-0.2, 0) is 11.2 Å². The number of likely N-dealkylation sites (tertiary alicyclic amines) is 1. The zero-order chi connectivity index (χ0) is 18.4. The molecule has 2 aliphatic rings. The van der Waals surface area contributed by atoms with Gasteiger partial charge in [0.15, 0.2) is 0 Å². The summed E-state index contributed by atoms with van der Waals surface area (Å²) in [5.74, 6) is 1.25. The van der Waals surface area contributed by atoms with E-state index in [1.165, 1.54) is 11.1 Å². The third-order valence-electron chi connectivity index (χ3n) is 5.53. The summed E-state index contributed by atoms with van der Waals surface area (Å²) < 4.78 is 6.51. The van der Waals surface area contributed by atoms with Crippen LogP contribution in [0.5, 0.6) is 0 Å². The van der Waals surface area contributed by atoms with Crippen molar-refractivity contribution >= 4 is 21.8 Å². The monoisotopic (exact) mass is 423 g/mol. The molecule has 5 nitrogen and oxygen atoms in total. The van der Waals surface area contributed by atoms with E-state index < -0.39 is 0 Å². The molecule has 1 aliphatic heterocycles.